The van der Waals surface area contributed by atoms with E-state index in [4.69, 9.17) is 5.11 Å². The molecule has 0 bridgehead atoms. The summed E-state index contributed by atoms with van der Waals surface area (Å²) in [7, 11) is 0. The molecule has 3 heteroatoms. The second-order valence-corrected chi connectivity index (χ2v) is 4.37. The van der Waals surface area contributed by atoms with Crippen LogP contribution < -0.4 is 0 Å². The Morgan fingerprint density at radius 3 is 2.85 bits per heavy atom. The largest absolute Gasteiger partial charge is 0.382 e. The zero-order chi connectivity index (χ0) is 9.84. The summed E-state index contributed by atoms with van der Waals surface area (Å²) >= 11 is 1.83. The van der Waals surface area contributed by atoms with E-state index in [1.54, 1.807) is 6.07 Å². The highest BCUT2D eigenvalue weighted by Crippen LogP contribution is 2.10. The van der Waals surface area contributed by atoms with E-state index in [1.165, 1.54) is 0 Å². The van der Waals surface area contributed by atoms with Crippen LogP contribution in [-0.4, -0.2) is 15.0 Å². The number of ketones is 1. The Kier molecular flexibility index (Phi) is 3.87. The molecule has 0 saturated carbocycles. The van der Waals surface area contributed by atoms with Crippen LogP contribution in [0.25, 0.3) is 0 Å². The van der Waals surface area contributed by atoms with Crippen LogP contribution in [0.3, 0.4) is 0 Å². The molecule has 0 aromatic heterocycles. The third-order valence-corrected chi connectivity index (χ3v) is 2.13. The molecule has 1 aromatic carbocycles. The van der Waals surface area contributed by atoms with E-state index in [-0.39, 0.29) is 12.2 Å². The Balaban J connectivity index is 2.77. The van der Waals surface area contributed by atoms with Gasteiger partial charge in [0.15, 0.2) is 5.78 Å². The number of aliphatic hydroxyl groups excluding tert-OH is 1. The summed E-state index contributed by atoms with van der Waals surface area (Å²) in [5.74, 6) is -0.00870. The van der Waals surface area contributed by atoms with Crippen LogP contribution in [-0.2, 0) is 0 Å². The Hall–Kier alpha value is -0.420. The monoisotopic (exact) mass is 290 g/mol. The zero-order valence-electron chi connectivity index (χ0n) is 7.33. The summed E-state index contributed by atoms with van der Waals surface area (Å²) in [6, 6.07) is 7.40. The van der Waals surface area contributed by atoms with Crippen molar-refractivity contribution in [1.29, 1.82) is 0 Å². The van der Waals surface area contributed by atoms with E-state index in [2.05, 4.69) is 0 Å². The molecule has 0 amide bonds. The fourth-order valence-electron chi connectivity index (χ4n) is 1.09. The first-order chi connectivity index (χ1) is 6.09. The van der Waals surface area contributed by atoms with Gasteiger partial charge in [-0.1, -0.05) is 46.4 Å². The van der Waals surface area contributed by atoms with E-state index in [0.29, 0.717) is 5.56 Å². The number of halogens is 1. The van der Waals surface area contributed by atoms with Gasteiger partial charge in [-0.05, 0) is 13.0 Å². The second kappa shape index (κ2) is 4.72. The molecule has 2 nitrogen and oxygen atoms in total. The van der Waals surface area contributed by atoms with Crippen molar-refractivity contribution in [2.24, 2.45) is 0 Å². The van der Waals surface area contributed by atoms with Gasteiger partial charge in [-0.2, -0.15) is 0 Å². The maximum absolute atomic E-state index is 11.4. The molecule has 0 radical (unpaired) electrons. The molecule has 1 aromatic rings. The molecule has 0 aliphatic carbocycles. The average Bonchev–Trinajstić information content (AvgIpc) is 2.03. The minimum Gasteiger partial charge on any atom is -0.382 e. The van der Waals surface area contributed by atoms with E-state index < -0.39 is 4.11 Å². The quantitative estimate of drug-likeness (QED) is 0.527. The number of Topliss-reactive ketones (excluding diaryl/α,β-unsaturated/α-hetero) is 1. The molecule has 0 spiro atoms. The number of aliphatic hydroxyl groups is 1. The fraction of sp³-hybridized carbons (Fsp3) is 0.300. The maximum atomic E-state index is 11.4. The van der Waals surface area contributed by atoms with Gasteiger partial charge in [-0.15, -0.1) is 0 Å². The minimum atomic E-state index is -0.592. The lowest BCUT2D eigenvalue weighted by Crippen LogP contribution is -2.06. The number of alkyl halides is 1. The predicted molar refractivity (Wildman–Crippen MR) is 60.2 cm³/mol. The van der Waals surface area contributed by atoms with Crippen LogP contribution in [0.4, 0.5) is 0 Å². The number of hydrogen-bond acceptors (Lipinski definition) is 2. The Labute approximate surface area is 91.1 Å². The van der Waals surface area contributed by atoms with Crippen molar-refractivity contribution in [2.45, 2.75) is 17.5 Å². The van der Waals surface area contributed by atoms with Crippen molar-refractivity contribution < 1.29 is 9.90 Å². The van der Waals surface area contributed by atoms with Gasteiger partial charge in [0.1, 0.15) is 4.11 Å². The molecule has 0 aliphatic rings. The van der Waals surface area contributed by atoms with Crippen molar-refractivity contribution >= 4 is 28.4 Å². The Morgan fingerprint density at radius 1 is 1.62 bits per heavy atom. The summed E-state index contributed by atoms with van der Waals surface area (Å²) < 4.78 is -0.592. The smallest absolute Gasteiger partial charge is 0.166 e. The van der Waals surface area contributed by atoms with Gasteiger partial charge in [0.25, 0.3) is 0 Å². The van der Waals surface area contributed by atoms with E-state index in [0.717, 1.165) is 5.56 Å². The van der Waals surface area contributed by atoms with Gasteiger partial charge in [-0.25, -0.2) is 0 Å². The van der Waals surface area contributed by atoms with Crippen LogP contribution in [0.15, 0.2) is 24.3 Å². The van der Waals surface area contributed by atoms with Crippen molar-refractivity contribution in [2.75, 3.05) is 0 Å². The normalized spacial score (nSPS) is 12.5. The molecule has 0 saturated heterocycles. The topological polar surface area (TPSA) is 37.3 Å². The Morgan fingerprint density at radius 2 is 2.31 bits per heavy atom. The summed E-state index contributed by atoms with van der Waals surface area (Å²) in [4.78, 5) is 11.4. The number of benzene rings is 1. The van der Waals surface area contributed by atoms with Crippen LogP contribution in [0.1, 0.15) is 22.3 Å². The third-order valence-electron chi connectivity index (χ3n) is 1.69. The number of hydrogen-bond donors (Lipinski definition) is 1. The number of aryl methyl sites for hydroxylation is 1. The number of carbonyl (C=O) groups excluding carboxylic acids is 1. The van der Waals surface area contributed by atoms with Gasteiger partial charge in [0, 0.05) is 12.0 Å². The van der Waals surface area contributed by atoms with Crippen molar-refractivity contribution in [3.05, 3.63) is 35.4 Å². The van der Waals surface area contributed by atoms with Crippen LogP contribution >= 0.6 is 22.6 Å². The second-order valence-electron chi connectivity index (χ2n) is 2.93. The van der Waals surface area contributed by atoms with Crippen LogP contribution in [0.5, 0.6) is 0 Å². The van der Waals surface area contributed by atoms with Gasteiger partial charge in [0.2, 0.25) is 0 Å². The molecule has 0 aliphatic heterocycles. The lowest BCUT2D eigenvalue weighted by Gasteiger charge is -2.02. The van der Waals surface area contributed by atoms with Gasteiger partial charge >= 0.3 is 0 Å². The highest BCUT2D eigenvalue weighted by molar-refractivity contribution is 14.1. The van der Waals surface area contributed by atoms with Gasteiger partial charge in [-0.3, -0.25) is 4.79 Å². The van der Waals surface area contributed by atoms with Crippen molar-refractivity contribution in [3.63, 3.8) is 0 Å². The Bertz CT molecular complexity index is 308. The third kappa shape index (κ3) is 3.44. The predicted octanol–water partition coefficient (Wildman–Crippen LogP) is 2.32. The summed E-state index contributed by atoms with van der Waals surface area (Å²) in [5.41, 5.74) is 1.74. The highest BCUT2D eigenvalue weighted by Gasteiger charge is 2.09. The van der Waals surface area contributed by atoms with Crippen LogP contribution in [0.2, 0.25) is 0 Å². The van der Waals surface area contributed by atoms with Crippen molar-refractivity contribution in [3.8, 4) is 0 Å². The highest BCUT2D eigenvalue weighted by atomic mass is 127. The molecule has 0 heterocycles. The molecular weight excluding hydrogens is 279 g/mol. The minimum absolute atomic E-state index is 0.00870. The zero-order valence-corrected chi connectivity index (χ0v) is 9.48. The lowest BCUT2D eigenvalue weighted by atomic mass is 10.1. The maximum Gasteiger partial charge on any atom is 0.166 e. The first-order valence-corrected chi connectivity index (χ1v) is 5.26. The number of rotatable bonds is 3. The first kappa shape index (κ1) is 10.7. The molecule has 1 atom stereocenters. The van der Waals surface area contributed by atoms with Crippen LogP contribution in [0, 0.1) is 6.92 Å². The lowest BCUT2D eigenvalue weighted by molar-refractivity contribution is 0.0950. The average molecular weight is 290 g/mol. The van der Waals surface area contributed by atoms with E-state index >= 15 is 0 Å². The summed E-state index contributed by atoms with van der Waals surface area (Å²) in [6.07, 6.45) is 0.185. The van der Waals surface area contributed by atoms with E-state index in [1.807, 2.05) is 47.7 Å². The molecule has 1 N–H and O–H groups in total. The SMILES string of the molecule is Cc1cccc(C(=O)CC(O)I)c1. The number of carbonyl (C=O) groups is 1. The fourth-order valence-corrected chi connectivity index (χ4v) is 1.49. The molecule has 13 heavy (non-hydrogen) atoms. The first-order valence-electron chi connectivity index (χ1n) is 4.01. The molecule has 1 unspecified atom stereocenters. The summed E-state index contributed by atoms with van der Waals surface area (Å²) in [5, 5.41) is 9.02. The van der Waals surface area contributed by atoms with E-state index in [9.17, 15) is 4.79 Å². The molecular formula is C10H11IO2. The molecule has 1 rings (SSSR count). The summed E-state index contributed by atoms with van der Waals surface area (Å²) in [6.45, 7) is 1.94. The van der Waals surface area contributed by atoms with Gasteiger partial charge in [0.05, 0.1) is 0 Å². The van der Waals surface area contributed by atoms with Gasteiger partial charge < -0.3 is 5.11 Å². The molecule has 70 valence electrons. The molecule has 0 fully saturated rings. The standard InChI is InChI=1S/C10H11IO2/c1-7-3-2-4-8(5-7)9(12)6-10(11)13/h2-5,10,13H,6H2,1H3. The van der Waals surface area contributed by atoms with Crippen molar-refractivity contribution in [1.82, 2.24) is 0 Å².